The van der Waals surface area contributed by atoms with Crippen molar-refractivity contribution in [3.05, 3.63) is 0 Å². The molecule has 0 radical (unpaired) electrons. The Balaban J connectivity index is 0. The van der Waals surface area contributed by atoms with Gasteiger partial charge in [0.1, 0.15) is 0 Å². The Morgan fingerprint density at radius 1 is 1.27 bits per heavy atom. The van der Waals surface area contributed by atoms with E-state index >= 15 is 0 Å². The summed E-state index contributed by atoms with van der Waals surface area (Å²) < 4.78 is 5.23. The highest BCUT2D eigenvalue weighted by Crippen LogP contribution is 2.11. The zero-order valence-electron chi connectivity index (χ0n) is 8.26. The van der Waals surface area contributed by atoms with Crippen molar-refractivity contribution in [2.45, 2.75) is 46.6 Å². The monoisotopic (exact) mass is 178 g/mol. The number of hydrogen-bond acceptors (Lipinski definition) is 2. The number of hydrogen-bond donors (Lipinski definition) is 1. The molecular weight excluding hydrogens is 156 g/mol. The summed E-state index contributed by atoms with van der Waals surface area (Å²) in [6.45, 7) is 8.95. The fourth-order valence-electron chi connectivity index (χ4n) is 0.788. The summed E-state index contributed by atoms with van der Waals surface area (Å²) in [7, 11) is 0. The minimum atomic E-state index is 0.461. The highest BCUT2D eigenvalue weighted by molar-refractivity contribution is 7.80. The molecule has 1 atom stereocenters. The third-order valence-electron chi connectivity index (χ3n) is 1.23. The van der Waals surface area contributed by atoms with Gasteiger partial charge in [0.15, 0.2) is 0 Å². The molecular formula is C9H22OS. The molecule has 1 saturated heterocycles. The largest absolute Gasteiger partial charge is 0.377 e. The number of rotatable bonds is 1. The van der Waals surface area contributed by atoms with Crippen LogP contribution in [0.4, 0.5) is 0 Å². The van der Waals surface area contributed by atoms with E-state index in [9.17, 15) is 0 Å². The average molecular weight is 178 g/mol. The lowest BCUT2D eigenvalue weighted by Gasteiger charge is -2.00. The van der Waals surface area contributed by atoms with Gasteiger partial charge >= 0.3 is 0 Å². The van der Waals surface area contributed by atoms with Crippen molar-refractivity contribution >= 4 is 12.6 Å². The van der Waals surface area contributed by atoms with Crippen LogP contribution in [-0.2, 0) is 4.74 Å². The Hall–Kier alpha value is 0.310. The molecule has 0 bridgehead atoms. The van der Waals surface area contributed by atoms with Gasteiger partial charge in [-0.05, 0) is 12.8 Å². The second-order valence-corrected chi connectivity index (χ2v) is 2.18. The average Bonchev–Trinajstić information content (AvgIpc) is 2.63. The first-order valence-corrected chi connectivity index (χ1v) is 5.29. The lowest BCUT2D eigenvalue weighted by Crippen LogP contribution is -2.04. The van der Waals surface area contributed by atoms with Gasteiger partial charge in [-0.15, -0.1) is 0 Å². The standard InChI is InChI=1S/C5H10OS.2C2H6/c7-4-5-2-1-3-6-5;2*1-2/h5,7H,1-4H2;2*1-2H3. The van der Waals surface area contributed by atoms with Gasteiger partial charge in [-0.3, -0.25) is 0 Å². The van der Waals surface area contributed by atoms with Crippen molar-refractivity contribution in [3.63, 3.8) is 0 Å². The highest BCUT2D eigenvalue weighted by atomic mass is 32.1. The van der Waals surface area contributed by atoms with Crippen LogP contribution in [0, 0.1) is 0 Å². The van der Waals surface area contributed by atoms with Crippen LogP contribution >= 0.6 is 12.6 Å². The molecule has 0 aromatic carbocycles. The fraction of sp³-hybridized carbons (Fsp3) is 1.00. The smallest absolute Gasteiger partial charge is 0.0663 e. The van der Waals surface area contributed by atoms with Gasteiger partial charge in [0, 0.05) is 12.4 Å². The Bertz CT molecular complexity index is 51.5. The van der Waals surface area contributed by atoms with Crippen molar-refractivity contribution in [1.82, 2.24) is 0 Å². The number of ether oxygens (including phenoxy) is 1. The molecule has 1 rings (SSSR count). The van der Waals surface area contributed by atoms with E-state index in [4.69, 9.17) is 4.74 Å². The minimum absolute atomic E-state index is 0.461. The molecule has 11 heavy (non-hydrogen) atoms. The van der Waals surface area contributed by atoms with Gasteiger partial charge in [-0.25, -0.2) is 0 Å². The van der Waals surface area contributed by atoms with E-state index in [1.165, 1.54) is 12.8 Å². The first kappa shape index (κ1) is 13.9. The summed E-state index contributed by atoms with van der Waals surface area (Å²) in [5, 5.41) is 0. The first-order valence-electron chi connectivity index (χ1n) is 4.66. The molecule has 0 N–H and O–H groups in total. The van der Waals surface area contributed by atoms with Gasteiger partial charge in [0.25, 0.3) is 0 Å². The molecule has 1 aliphatic rings. The summed E-state index contributed by atoms with van der Waals surface area (Å²) in [5.74, 6) is 0.889. The SMILES string of the molecule is CC.CC.SCC1CCCO1. The molecule has 0 spiro atoms. The zero-order valence-corrected chi connectivity index (χ0v) is 9.16. The first-order chi connectivity index (χ1) is 5.43. The summed E-state index contributed by atoms with van der Waals surface area (Å²) in [4.78, 5) is 0. The zero-order chi connectivity index (χ0) is 9.11. The quantitative estimate of drug-likeness (QED) is 0.607. The van der Waals surface area contributed by atoms with Crippen molar-refractivity contribution in [1.29, 1.82) is 0 Å². The van der Waals surface area contributed by atoms with Gasteiger partial charge in [-0.2, -0.15) is 12.6 Å². The van der Waals surface area contributed by atoms with E-state index in [0.29, 0.717) is 6.10 Å². The molecule has 1 nitrogen and oxygen atoms in total. The highest BCUT2D eigenvalue weighted by Gasteiger charge is 2.11. The molecule has 0 aromatic heterocycles. The molecule has 1 aliphatic heterocycles. The fourth-order valence-corrected chi connectivity index (χ4v) is 1.08. The van der Waals surface area contributed by atoms with Crippen LogP contribution in [0.1, 0.15) is 40.5 Å². The van der Waals surface area contributed by atoms with Crippen LogP contribution < -0.4 is 0 Å². The predicted molar refractivity (Wildman–Crippen MR) is 55.5 cm³/mol. The maximum absolute atomic E-state index is 5.23. The molecule has 2 heteroatoms. The molecule has 0 amide bonds. The predicted octanol–water partition coefficient (Wildman–Crippen LogP) is 3.15. The molecule has 70 valence electrons. The Morgan fingerprint density at radius 2 is 1.82 bits per heavy atom. The maximum atomic E-state index is 5.23. The third kappa shape index (κ3) is 8.21. The van der Waals surface area contributed by atoms with Crippen LogP contribution in [0.5, 0.6) is 0 Å². The minimum Gasteiger partial charge on any atom is -0.377 e. The van der Waals surface area contributed by atoms with Gasteiger partial charge < -0.3 is 4.74 Å². The van der Waals surface area contributed by atoms with Crippen molar-refractivity contribution in [2.75, 3.05) is 12.4 Å². The molecule has 1 fully saturated rings. The van der Waals surface area contributed by atoms with Crippen LogP contribution in [0.25, 0.3) is 0 Å². The molecule has 1 heterocycles. The maximum Gasteiger partial charge on any atom is 0.0663 e. The van der Waals surface area contributed by atoms with Crippen molar-refractivity contribution < 1.29 is 4.74 Å². The van der Waals surface area contributed by atoms with E-state index in [-0.39, 0.29) is 0 Å². The molecule has 0 aliphatic carbocycles. The van der Waals surface area contributed by atoms with Crippen LogP contribution in [0.2, 0.25) is 0 Å². The van der Waals surface area contributed by atoms with Crippen LogP contribution in [0.15, 0.2) is 0 Å². The Labute approximate surface area is 76.9 Å². The van der Waals surface area contributed by atoms with E-state index in [2.05, 4.69) is 12.6 Å². The summed E-state index contributed by atoms with van der Waals surface area (Å²) in [6, 6.07) is 0. The third-order valence-corrected chi connectivity index (χ3v) is 1.63. The second kappa shape index (κ2) is 12.9. The van der Waals surface area contributed by atoms with E-state index in [1.54, 1.807) is 0 Å². The van der Waals surface area contributed by atoms with Crippen molar-refractivity contribution in [3.8, 4) is 0 Å². The van der Waals surface area contributed by atoms with Crippen molar-refractivity contribution in [2.24, 2.45) is 0 Å². The van der Waals surface area contributed by atoms with Crippen LogP contribution in [0.3, 0.4) is 0 Å². The van der Waals surface area contributed by atoms with E-state index in [1.807, 2.05) is 27.7 Å². The van der Waals surface area contributed by atoms with Gasteiger partial charge in [0.2, 0.25) is 0 Å². The Morgan fingerprint density at radius 3 is 2.00 bits per heavy atom. The molecule has 0 saturated carbocycles. The topological polar surface area (TPSA) is 9.23 Å². The van der Waals surface area contributed by atoms with E-state index in [0.717, 1.165) is 12.4 Å². The summed E-state index contributed by atoms with van der Waals surface area (Å²) in [5.41, 5.74) is 0. The van der Waals surface area contributed by atoms with Gasteiger partial charge in [-0.1, -0.05) is 27.7 Å². The van der Waals surface area contributed by atoms with Gasteiger partial charge in [0.05, 0.1) is 6.10 Å². The molecule has 1 unspecified atom stereocenters. The lowest BCUT2D eigenvalue weighted by molar-refractivity contribution is 0.129. The van der Waals surface area contributed by atoms with E-state index < -0.39 is 0 Å². The lowest BCUT2D eigenvalue weighted by atomic mass is 10.3. The normalized spacial score (nSPS) is 21.0. The van der Waals surface area contributed by atoms with Crippen LogP contribution in [-0.4, -0.2) is 18.5 Å². The Kier molecular flexibility index (Phi) is 16.3. The number of thiol groups is 1. The molecule has 0 aromatic rings. The second-order valence-electron chi connectivity index (χ2n) is 1.82. The summed E-state index contributed by atoms with van der Waals surface area (Å²) in [6.07, 6.45) is 2.90. The summed E-state index contributed by atoms with van der Waals surface area (Å²) >= 11 is 4.09.